The fourth-order valence-electron chi connectivity index (χ4n) is 3.39. The maximum absolute atomic E-state index is 11.6. The summed E-state index contributed by atoms with van der Waals surface area (Å²) in [6.07, 6.45) is 6.71. The van der Waals surface area contributed by atoms with Gasteiger partial charge in [0.2, 0.25) is 6.29 Å². The topological polar surface area (TPSA) is 35.5 Å². The van der Waals surface area contributed by atoms with Crippen LogP contribution in [0.1, 0.15) is 53.9 Å². The molecule has 2 rings (SSSR count). The summed E-state index contributed by atoms with van der Waals surface area (Å²) < 4.78 is 11.6. The minimum atomic E-state index is -0.524. The van der Waals surface area contributed by atoms with Crippen molar-refractivity contribution in [2.24, 2.45) is 17.8 Å². The van der Waals surface area contributed by atoms with Gasteiger partial charge in [0.15, 0.2) is 0 Å². The largest absolute Gasteiger partial charge is 0.428 e. The van der Waals surface area contributed by atoms with Crippen LogP contribution in [-0.2, 0) is 14.3 Å². The van der Waals surface area contributed by atoms with E-state index < -0.39 is 6.29 Å². The molecule has 2 aliphatic rings. The highest BCUT2D eigenvalue weighted by atomic mass is 16.7. The van der Waals surface area contributed by atoms with E-state index in [-0.39, 0.29) is 12.1 Å². The summed E-state index contributed by atoms with van der Waals surface area (Å²) in [6, 6.07) is 0. The van der Waals surface area contributed by atoms with E-state index in [9.17, 15) is 4.79 Å². The number of hydrogen-bond donors (Lipinski definition) is 0. The van der Waals surface area contributed by atoms with E-state index in [1.165, 1.54) is 12.8 Å². The number of carbonyl (C=O) groups is 1. The van der Waals surface area contributed by atoms with E-state index in [4.69, 9.17) is 9.47 Å². The van der Waals surface area contributed by atoms with Crippen molar-refractivity contribution in [3.63, 3.8) is 0 Å². The highest BCUT2D eigenvalue weighted by Crippen LogP contribution is 2.37. The van der Waals surface area contributed by atoms with Crippen molar-refractivity contribution in [1.29, 1.82) is 0 Å². The predicted molar refractivity (Wildman–Crippen MR) is 83.6 cm³/mol. The number of esters is 1. The van der Waals surface area contributed by atoms with E-state index in [0.29, 0.717) is 17.8 Å². The van der Waals surface area contributed by atoms with Gasteiger partial charge in [-0.15, -0.1) is 0 Å². The zero-order chi connectivity index (χ0) is 15.6. The van der Waals surface area contributed by atoms with Gasteiger partial charge in [0.1, 0.15) is 0 Å². The summed E-state index contributed by atoms with van der Waals surface area (Å²) in [5.41, 5.74) is 1.99. The van der Waals surface area contributed by atoms with Crippen LogP contribution in [0.4, 0.5) is 0 Å². The molecular weight excluding hydrogens is 264 g/mol. The van der Waals surface area contributed by atoms with Crippen LogP contribution >= 0.6 is 0 Å². The second-order valence-corrected chi connectivity index (χ2v) is 7.14. The Balaban J connectivity index is 2.09. The Labute approximate surface area is 128 Å². The van der Waals surface area contributed by atoms with Crippen LogP contribution in [0, 0.1) is 17.8 Å². The van der Waals surface area contributed by atoms with E-state index in [1.807, 2.05) is 19.9 Å². The molecule has 3 heteroatoms. The highest BCUT2D eigenvalue weighted by molar-refractivity contribution is 5.86. The van der Waals surface area contributed by atoms with Gasteiger partial charge in [0.05, 0.1) is 6.10 Å². The van der Waals surface area contributed by atoms with Gasteiger partial charge in [-0.3, -0.25) is 0 Å². The first-order valence-corrected chi connectivity index (χ1v) is 8.09. The van der Waals surface area contributed by atoms with Crippen LogP contribution in [0.3, 0.4) is 0 Å². The van der Waals surface area contributed by atoms with Gasteiger partial charge in [0, 0.05) is 11.6 Å². The minimum absolute atomic E-state index is 0.179. The van der Waals surface area contributed by atoms with Crippen molar-refractivity contribution in [2.45, 2.75) is 66.3 Å². The summed E-state index contributed by atoms with van der Waals surface area (Å²) in [4.78, 5) is 11.6. The molecule has 4 atom stereocenters. The molecule has 0 aromatic rings. The average molecular weight is 292 g/mol. The molecule has 0 N–H and O–H groups in total. The summed E-state index contributed by atoms with van der Waals surface area (Å²) in [5.74, 6) is 1.53. The fourth-order valence-corrected chi connectivity index (χ4v) is 3.39. The first-order chi connectivity index (χ1) is 9.86. The molecule has 0 amide bonds. The molecule has 0 aromatic carbocycles. The van der Waals surface area contributed by atoms with Crippen molar-refractivity contribution >= 4 is 5.97 Å². The average Bonchev–Trinajstić information content (AvgIpc) is 2.68. The number of cyclic esters (lactones) is 1. The molecular formula is C18H28O3. The van der Waals surface area contributed by atoms with Gasteiger partial charge in [0.25, 0.3) is 0 Å². The maximum atomic E-state index is 11.6. The summed E-state index contributed by atoms with van der Waals surface area (Å²) >= 11 is 0. The zero-order valence-corrected chi connectivity index (χ0v) is 13.9. The Kier molecular flexibility index (Phi) is 5.26. The first-order valence-electron chi connectivity index (χ1n) is 8.09. The lowest BCUT2D eigenvalue weighted by Gasteiger charge is -2.38. The molecule has 0 radical (unpaired) electrons. The van der Waals surface area contributed by atoms with Gasteiger partial charge in [-0.1, -0.05) is 38.8 Å². The lowest BCUT2D eigenvalue weighted by molar-refractivity contribution is -0.180. The third-order valence-corrected chi connectivity index (χ3v) is 4.49. The predicted octanol–water partition coefficient (Wildman–Crippen LogP) is 4.24. The smallest absolute Gasteiger partial charge is 0.333 e. The van der Waals surface area contributed by atoms with Gasteiger partial charge in [-0.25, -0.2) is 4.79 Å². The molecule has 0 saturated heterocycles. The van der Waals surface area contributed by atoms with Gasteiger partial charge < -0.3 is 9.47 Å². The molecule has 1 fully saturated rings. The molecule has 1 aliphatic heterocycles. The van der Waals surface area contributed by atoms with Crippen molar-refractivity contribution in [3.05, 3.63) is 23.3 Å². The zero-order valence-electron chi connectivity index (χ0n) is 13.9. The van der Waals surface area contributed by atoms with E-state index >= 15 is 0 Å². The van der Waals surface area contributed by atoms with E-state index in [2.05, 4.69) is 20.8 Å². The summed E-state index contributed by atoms with van der Waals surface area (Å²) in [5, 5.41) is 0. The highest BCUT2D eigenvalue weighted by Gasteiger charge is 2.36. The minimum Gasteiger partial charge on any atom is -0.428 e. The summed E-state index contributed by atoms with van der Waals surface area (Å²) in [7, 11) is 0. The fraction of sp³-hybridized carbons (Fsp3) is 0.722. The standard InChI is InChI=1S/C18H28O3/c1-11(2)8-14-10-17(19)21-18(14)20-16-9-13(5)6-7-15(16)12(3)4/h8,10,12-13,15-16,18H,6-7,9H2,1-5H3. The Morgan fingerprint density at radius 1 is 1.38 bits per heavy atom. The Bertz CT molecular complexity index is 443. The van der Waals surface area contributed by atoms with Gasteiger partial charge in [-0.05, 0) is 44.4 Å². The van der Waals surface area contributed by atoms with Gasteiger partial charge in [-0.2, -0.15) is 0 Å². The van der Waals surface area contributed by atoms with Crippen LogP contribution in [-0.4, -0.2) is 18.4 Å². The third-order valence-electron chi connectivity index (χ3n) is 4.49. The van der Waals surface area contributed by atoms with Crippen molar-refractivity contribution in [1.82, 2.24) is 0 Å². The van der Waals surface area contributed by atoms with E-state index in [1.54, 1.807) is 6.08 Å². The molecule has 0 spiro atoms. The lowest BCUT2D eigenvalue weighted by atomic mass is 9.75. The normalized spacial score (nSPS) is 32.9. The van der Waals surface area contributed by atoms with Gasteiger partial charge >= 0.3 is 5.97 Å². The van der Waals surface area contributed by atoms with Crippen LogP contribution in [0.5, 0.6) is 0 Å². The van der Waals surface area contributed by atoms with Crippen molar-refractivity contribution < 1.29 is 14.3 Å². The molecule has 4 unspecified atom stereocenters. The van der Waals surface area contributed by atoms with Crippen LogP contribution in [0.15, 0.2) is 23.3 Å². The second kappa shape index (κ2) is 6.78. The molecule has 3 nitrogen and oxygen atoms in total. The molecule has 1 heterocycles. The van der Waals surface area contributed by atoms with Crippen molar-refractivity contribution in [3.8, 4) is 0 Å². The number of ether oxygens (including phenoxy) is 2. The number of hydrogen-bond acceptors (Lipinski definition) is 3. The molecule has 0 aromatic heterocycles. The molecule has 0 bridgehead atoms. The second-order valence-electron chi connectivity index (χ2n) is 7.14. The SMILES string of the molecule is CC(C)=CC1=CC(=O)OC1OC1CC(C)CCC1C(C)C. The Morgan fingerprint density at radius 2 is 2.10 bits per heavy atom. The first kappa shape index (κ1) is 16.3. The Hall–Kier alpha value is -1.09. The maximum Gasteiger partial charge on any atom is 0.333 e. The molecule has 118 valence electrons. The quantitative estimate of drug-likeness (QED) is 0.727. The van der Waals surface area contributed by atoms with E-state index in [0.717, 1.165) is 17.6 Å². The van der Waals surface area contributed by atoms with Crippen molar-refractivity contribution in [2.75, 3.05) is 0 Å². The molecule has 21 heavy (non-hydrogen) atoms. The van der Waals surface area contributed by atoms with Crippen LogP contribution in [0.25, 0.3) is 0 Å². The molecule has 1 saturated carbocycles. The lowest BCUT2D eigenvalue weighted by Crippen LogP contribution is -2.37. The monoisotopic (exact) mass is 292 g/mol. The number of rotatable bonds is 4. The van der Waals surface area contributed by atoms with Crippen LogP contribution < -0.4 is 0 Å². The number of carbonyl (C=O) groups excluding carboxylic acids is 1. The van der Waals surface area contributed by atoms with Crippen LogP contribution in [0.2, 0.25) is 0 Å². The number of allylic oxidation sites excluding steroid dienone is 1. The molecule has 1 aliphatic carbocycles. The third kappa shape index (κ3) is 4.19. The summed E-state index contributed by atoms with van der Waals surface area (Å²) in [6.45, 7) is 10.8. The Morgan fingerprint density at radius 3 is 2.71 bits per heavy atom.